The van der Waals surface area contributed by atoms with E-state index in [1.165, 1.54) is 0 Å². The quantitative estimate of drug-likeness (QED) is 0.404. The summed E-state index contributed by atoms with van der Waals surface area (Å²) in [6, 6.07) is 28.2. The lowest BCUT2D eigenvalue weighted by Gasteiger charge is -2.33. The fourth-order valence-corrected chi connectivity index (χ4v) is 4.48. The van der Waals surface area contributed by atoms with Crippen molar-refractivity contribution in [1.29, 1.82) is 0 Å². The molecule has 0 saturated heterocycles. The van der Waals surface area contributed by atoms with E-state index < -0.39 is 5.41 Å². The van der Waals surface area contributed by atoms with Crippen LogP contribution in [0.25, 0.3) is 11.1 Å². The van der Waals surface area contributed by atoms with Gasteiger partial charge in [-0.1, -0.05) is 54.6 Å². The van der Waals surface area contributed by atoms with Gasteiger partial charge < -0.3 is 15.3 Å². The van der Waals surface area contributed by atoms with Crippen molar-refractivity contribution >= 4 is 0 Å². The van der Waals surface area contributed by atoms with Gasteiger partial charge in [0.25, 0.3) is 0 Å². The summed E-state index contributed by atoms with van der Waals surface area (Å²) in [7, 11) is 0. The van der Waals surface area contributed by atoms with E-state index >= 15 is 0 Å². The van der Waals surface area contributed by atoms with Gasteiger partial charge in [0.05, 0.1) is 5.41 Å². The summed E-state index contributed by atoms with van der Waals surface area (Å²) in [5.41, 5.74) is 5.61. The Kier molecular flexibility index (Phi) is 3.46. The highest BCUT2D eigenvalue weighted by atomic mass is 16.3. The van der Waals surface area contributed by atoms with Gasteiger partial charge in [-0.05, 0) is 69.8 Å². The standard InChI is InChI=1S/C25H18O3/c26-18-9-5-16(6-10-18)25(17-7-11-19(27)12-8-17)23-4-2-1-3-21(23)22-15-20(28)13-14-24(22)25/h1-15,26-28H. The number of benzene rings is 4. The molecule has 0 aliphatic heterocycles. The van der Waals surface area contributed by atoms with Crippen LogP contribution in [-0.4, -0.2) is 15.3 Å². The van der Waals surface area contributed by atoms with Crippen molar-refractivity contribution < 1.29 is 15.3 Å². The number of phenolic OH excluding ortho intramolecular Hbond substituents is 3. The number of phenols is 3. The first-order chi connectivity index (χ1) is 13.6. The predicted molar refractivity (Wildman–Crippen MR) is 109 cm³/mol. The van der Waals surface area contributed by atoms with Gasteiger partial charge in [-0.25, -0.2) is 0 Å². The van der Waals surface area contributed by atoms with Crippen molar-refractivity contribution in [2.45, 2.75) is 5.41 Å². The third-order valence-electron chi connectivity index (χ3n) is 5.63. The summed E-state index contributed by atoms with van der Waals surface area (Å²) in [5.74, 6) is 0.643. The molecule has 136 valence electrons. The van der Waals surface area contributed by atoms with Gasteiger partial charge in [0.15, 0.2) is 0 Å². The summed E-state index contributed by atoms with van der Waals surface area (Å²) in [5, 5.41) is 29.8. The molecule has 0 heterocycles. The molecule has 0 saturated carbocycles. The average molecular weight is 366 g/mol. The average Bonchev–Trinajstić information content (AvgIpc) is 3.00. The van der Waals surface area contributed by atoms with E-state index in [2.05, 4.69) is 12.1 Å². The van der Waals surface area contributed by atoms with Crippen LogP contribution in [-0.2, 0) is 5.41 Å². The van der Waals surface area contributed by atoms with Crippen LogP contribution < -0.4 is 0 Å². The maximum Gasteiger partial charge on any atom is 0.116 e. The summed E-state index contributed by atoms with van der Waals surface area (Å²) >= 11 is 0. The molecule has 0 unspecified atom stereocenters. The molecule has 1 aliphatic rings. The normalized spacial score (nSPS) is 13.7. The number of rotatable bonds is 2. The zero-order chi connectivity index (χ0) is 19.3. The zero-order valence-electron chi connectivity index (χ0n) is 15.0. The van der Waals surface area contributed by atoms with Gasteiger partial charge in [0, 0.05) is 0 Å². The molecule has 3 N–H and O–H groups in total. The van der Waals surface area contributed by atoms with Crippen LogP contribution in [0.15, 0.2) is 91.0 Å². The first kappa shape index (κ1) is 16.5. The van der Waals surface area contributed by atoms with E-state index in [-0.39, 0.29) is 17.2 Å². The second-order valence-electron chi connectivity index (χ2n) is 7.12. The number of fused-ring (bicyclic) bond motifs is 3. The van der Waals surface area contributed by atoms with E-state index in [0.717, 1.165) is 33.4 Å². The van der Waals surface area contributed by atoms with Gasteiger partial charge >= 0.3 is 0 Å². The Morgan fingerprint density at radius 1 is 0.464 bits per heavy atom. The molecule has 5 rings (SSSR count). The Morgan fingerprint density at radius 2 is 0.964 bits per heavy atom. The van der Waals surface area contributed by atoms with E-state index in [1.54, 1.807) is 36.4 Å². The molecule has 28 heavy (non-hydrogen) atoms. The summed E-state index contributed by atoms with van der Waals surface area (Å²) in [4.78, 5) is 0. The molecule has 0 spiro atoms. The lowest BCUT2D eigenvalue weighted by Crippen LogP contribution is -2.28. The third kappa shape index (κ3) is 2.16. The Bertz CT molecular complexity index is 1130. The van der Waals surface area contributed by atoms with E-state index in [1.807, 2.05) is 42.5 Å². The van der Waals surface area contributed by atoms with Crippen LogP contribution in [0.2, 0.25) is 0 Å². The summed E-state index contributed by atoms with van der Waals surface area (Å²) < 4.78 is 0. The maximum absolute atomic E-state index is 10.1. The van der Waals surface area contributed by atoms with Crippen LogP contribution in [0, 0.1) is 0 Å². The van der Waals surface area contributed by atoms with Crippen molar-refractivity contribution in [1.82, 2.24) is 0 Å². The van der Waals surface area contributed by atoms with E-state index in [9.17, 15) is 15.3 Å². The van der Waals surface area contributed by atoms with E-state index in [0.29, 0.717) is 0 Å². The molecule has 0 radical (unpaired) electrons. The zero-order valence-corrected chi connectivity index (χ0v) is 15.0. The minimum absolute atomic E-state index is 0.210. The molecule has 0 amide bonds. The summed E-state index contributed by atoms with van der Waals surface area (Å²) in [6.07, 6.45) is 0. The number of hydrogen-bond donors (Lipinski definition) is 3. The minimum atomic E-state index is -0.610. The van der Waals surface area contributed by atoms with Gasteiger partial charge in [-0.3, -0.25) is 0 Å². The van der Waals surface area contributed by atoms with Crippen LogP contribution >= 0.6 is 0 Å². The molecule has 1 aliphatic carbocycles. The monoisotopic (exact) mass is 366 g/mol. The van der Waals surface area contributed by atoms with Crippen LogP contribution in [0.1, 0.15) is 22.3 Å². The van der Waals surface area contributed by atoms with Crippen LogP contribution in [0.5, 0.6) is 17.2 Å². The lowest BCUT2D eigenvalue weighted by atomic mass is 9.67. The summed E-state index contributed by atoms with van der Waals surface area (Å²) in [6.45, 7) is 0. The second kappa shape index (κ2) is 5.89. The van der Waals surface area contributed by atoms with E-state index in [4.69, 9.17) is 0 Å². The molecule has 4 aromatic carbocycles. The Balaban J connectivity index is 1.95. The fraction of sp³-hybridized carbons (Fsp3) is 0.0400. The largest absolute Gasteiger partial charge is 0.508 e. The highest BCUT2D eigenvalue weighted by Crippen LogP contribution is 2.56. The topological polar surface area (TPSA) is 60.7 Å². The Hall–Kier alpha value is -3.72. The molecule has 4 aromatic rings. The smallest absolute Gasteiger partial charge is 0.116 e. The van der Waals surface area contributed by atoms with Crippen molar-refractivity contribution in [2.24, 2.45) is 0 Å². The first-order valence-electron chi connectivity index (χ1n) is 9.13. The number of hydrogen-bond acceptors (Lipinski definition) is 3. The van der Waals surface area contributed by atoms with Crippen molar-refractivity contribution in [3.05, 3.63) is 113 Å². The van der Waals surface area contributed by atoms with Crippen molar-refractivity contribution in [3.63, 3.8) is 0 Å². The first-order valence-corrected chi connectivity index (χ1v) is 9.13. The van der Waals surface area contributed by atoms with Gasteiger partial charge in [-0.2, -0.15) is 0 Å². The molecule has 0 atom stereocenters. The minimum Gasteiger partial charge on any atom is -0.508 e. The van der Waals surface area contributed by atoms with Crippen LogP contribution in [0.4, 0.5) is 0 Å². The second-order valence-corrected chi connectivity index (χ2v) is 7.12. The molecule has 0 bridgehead atoms. The fourth-order valence-electron chi connectivity index (χ4n) is 4.48. The lowest BCUT2D eigenvalue weighted by molar-refractivity contribution is 0.474. The molecule has 3 heteroatoms. The highest BCUT2D eigenvalue weighted by Gasteiger charge is 2.46. The molecular weight excluding hydrogens is 348 g/mol. The van der Waals surface area contributed by atoms with Crippen molar-refractivity contribution in [3.8, 4) is 28.4 Å². The molecular formula is C25H18O3. The Morgan fingerprint density at radius 3 is 1.57 bits per heavy atom. The predicted octanol–water partition coefficient (Wildman–Crippen LogP) is 5.17. The highest BCUT2D eigenvalue weighted by molar-refractivity contribution is 5.86. The van der Waals surface area contributed by atoms with Crippen LogP contribution in [0.3, 0.4) is 0 Å². The van der Waals surface area contributed by atoms with Gasteiger partial charge in [0.2, 0.25) is 0 Å². The molecule has 0 aromatic heterocycles. The third-order valence-corrected chi connectivity index (χ3v) is 5.63. The molecule has 3 nitrogen and oxygen atoms in total. The Labute approximate surface area is 162 Å². The van der Waals surface area contributed by atoms with Gasteiger partial charge in [0.1, 0.15) is 17.2 Å². The SMILES string of the molecule is Oc1ccc(C2(c3ccc(O)cc3)c3ccccc3-c3cc(O)ccc32)cc1. The van der Waals surface area contributed by atoms with Crippen molar-refractivity contribution in [2.75, 3.05) is 0 Å². The maximum atomic E-state index is 10.1. The molecule has 0 fully saturated rings. The number of aromatic hydroxyl groups is 3. The van der Waals surface area contributed by atoms with Gasteiger partial charge in [-0.15, -0.1) is 0 Å².